The Morgan fingerprint density at radius 1 is 1.03 bits per heavy atom. The Morgan fingerprint density at radius 2 is 1.82 bits per heavy atom. The Bertz CT molecular complexity index is 1310. The van der Waals surface area contributed by atoms with E-state index in [4.69, 9.17) is 0 Å². The van der Waals surface area contributed by atoms with Crippen LogP contribution < -0.4 is 10.6 Å². The SMILES string of the molecule is Cc1ccc(C(=O)Nc2cnn(-c3ccc(C(=O)NCCSc4nnc(C)s4)cc3)c2)c(C)c1. The topological polar surface area (TPSA) is 102 Å². The van der Waals surface area contributed by atoms with Gasteiger partial charge in [0.25, 0.3) is 11.8 Å². The molecule has 2 aromatic heterocycles. The van der Waals surface area contributed by atoms with E-state index < -0.39 is 0 Å². The maximum absolute atomic E-state index is 12.6. The molecule has 0 spiro atoms. The van der Waals surface area contributed by atoms with Gasteiger partial charge in [0.05, 0.1) is 23.8 Å². The molecule has 8 nitrogen and oxygen atoms in total. The molecule has 0 bridgehead atoms. The van der Waals surface area contributed by atoms with Crippen molar-refractivity contribution in [3.63, 3.8) is 0 Å². The molecule has 2 amide bonds. The molecular weight excluding hydrogens is 468 g/mol. The van der Waals surface area contributed by atoms with E-state index in [1.165, 1.54) is 0 Å². The van der Waals surface area contributed by atoms with Crippen LogP contribution >= 0.6 is 23.1 Å². The summed E-state index contributed by atoms with van der Waals surface area (Å²) in [5.74, 6) is 0.411. The van der Waals surface area contributed by atoms with Crippen LogP contribution in [0.3, 0.4) is 0 Å². The number of hydrogen-bond acceptors (Lipinski definition) is 7. The van der Waals surface area contributed by atoms with Gasteiger partial charge in [0, 0.05) is 23.4 Å². The van der Waals surface area contributed by atoms with Crippen molar-refractivity contribution >= 4 is 40.6 Å². The number of rotatable bonds is 8. The average molecular weight is 493 g/mol. The second kappa shape index (κ2) is 10.6. The summed E-state index contributed by atoms with van der Waals surface area (Å²) in [5.41, 5.74) is 4.61. The Hall–Kier alpha value is -3.50. The number of aryl methyl sites for hydroxylation is 3. The summed E-state index contributed by atoms with van der Waals surface area (Å²) in [6.07, 6.45) is 3.34. The van der Waals surface area contributed by atoms with Gasteiger partial charge in [0.15, 0.2) is 4.34 Å². The molecular formula is C24H24N6O2S2. The molecule has 0 aliphatic rings. The van der Waals surface area contributed by atoms with E-state index in [1.54, 1.807) is 52.3 Å². The first kappa shape index (κ1) is 23.7. The van der Waals surface area contributed by atoms with Gasteiger partial charge in [-0.2, -0.15) is 5.10 Å². The molecule has 10 heteroatoms. The lowest BCUT2D eigenvalue weighted by Crippen LogP contribution is -2.25. The van der Waals surface area contributed by atoms with Gasteiger partial charge in [-0.1, -0.05) is 40.8 Å². The van der Waals surface area contributed by atoms with Crippen LogP contribution in [0.4, 0.5) is 5.69 Å². The monoisotopic (exact) mass is 492 g/mol. The van der Waals surface area contributed by atoms with Crippen molar-refractivity contribution in [1.29, 1.82) is 0 Å². The van der Waals surface area contributed by atoms with Crippen molar-refractivity contribution in [2.45, 2.75) is 25.1 Å². The quantitative estimate of drug-likeness (QED) is 0.279. The van der Waals surface area contributed by atoms with Crippen molar-refractivity contribution in [2.75, 3.05) is 17.6 Å². The number of anilines is 1. The lowest BCUT2D eigenvalue weighted by Gasteiger charge is -2.07. The molecule has 174 valence electrons. The van der Waals surface area contributed by atoms with Gasteiger partial charge in [-0.25, -0.2) is 4.68 Å². The standard InChI is InChI=1S/C24H24N6O2S2/c1-15-4-9-21(16(2)12-15)23(32)27-19-13-26-30(14-19)20-7-5-18(6-8-20)22(31)25-10-11-33-24-29-28-17(3)34-24/h4-9,12-14H,10-11H2,1-3H3,(H,25,31)(H,27,32). The molecule has 2 heterocycles. The molecule has 0 atom stereocenters. The number of thioether (sulfide) groups is 1. The molecule has 0 radical (unpaired) electrons. The Morgan fingerprint density at radius 3 is 2.53 bits per heavy atom. The van der Waals surface area contributed by atoms with Crippen LogP contribution in [0.2, 0.25) is 0 Å². The number of aromatic nitrogens is 4. The lowest BCUT2D eigenvalue weighted by molar-refractivity contribution is 0.0955. The normalized spacial score (nSPS) is 10.8. The molecule has 0 saturated heterocycles. The first-order valence-electron chi connectivity index (χ1n) is 10.6. The Labute approximate surface area is 205 Å². The molecule has 34 heavy (non-hydrogen) atoms. The third kappa shape index (κ3) is 5.89. The third-order valence-corrected chi connectivity index (χ3v) is 6.96. The average Bonchev–Trinajstić information content (AvgIpc) is 3.45. The predicted molar refractivity (Wildman–Crippen MR) is 135 cm³/mol. The highest BCUT2D eigenvalue weighted by Gasteiger charge is 2.11. The maximum Gasteiger partial charge on any atom is 0.256 e. The van der Waals surface area contributed by atoms with E-state index in [0.29, 0.717) is 23.4 Å². The number of nitrogens with zero attached hydrogens (tertiary/aromatic N) is 4. The Balaban J connectivity index is 1.31. The third-order valence-electron chi connectivity index (χ3n) is 4.98. The van der Waals surface area contributed by atoms with Crippen molar-refractivity contribution in [2.24, 2.45) is 0 Å². The van der Waals surface area contributed by atoms with Crippen LogP contribution in [0, 0.1) is 20.8 Å². The van der Waals surface area contributed by atoms with Gasteiger partial charge in [0.1, 0.15) is 5.01 Å². The molecule has 0 saturated carbocycles. The summed E-state index contributed by atoms with van der Waals surface area (Å²) in [4.78, 5) is 25.0. The number of amides is 2. The second-order valence-electron chi connectivity index (χ2n) is 7.68. The summed E-state index contributed by atoms with van der Waals surface area (Å²) in [5, 5.41) is 19.1. The van der Waals surface area contributed by atoms with E-state index in [-0.39, 0.29) is 11.8 Å². The molecule has 4 rings (SSSR count). The number of benzene rings is 2. The van der Waals surface area contributed by atoms with E-state index in [0.717, 1.165) is 31.9 Å². The van der Waals surface area contributed by atoms with Gasteiger partial charge in [-0.15, -0.1) is 10.2 Å². The highest BCUT2D eigenvalue weighted by molar-refractivity contribution is 8.01. The van der Waals surface area contributed by atoms with Crippen molar-refractivity contribution in [3.05, 3.63) is 82.1 Å². The van der Waals surface area contributed by atoms with E-state index >= 15 is 0 Å². The smallest absolute Gasteiger partial charge is 0.256 e. The molecule has 2 N–H and O–H groups in total. The van der Waals surface area contributed by atoms with Crippen LogP contribution in [-0.4, -0.2) is 44.1 Å². The van der Waals surface area contributed by atoms with Gasteiger partial charge in [-0.3, -0.25) is 9.59 Å². The zero-order chi connectivity index (χ0) is 24.1. The predicted octanol–water partition coefficient (Wildman–Crippen LogP) is 4.42. The highest BCUT2D eigenvalue weighted by atomic mass is 32.2. The summed E-state index contributed by atoms with van der Waals surface area (Å²) < 4.78 is 2.56. The fraction of sp³-hybridized carbons (Fsp3) is 0.208. The van der Waals surface area contributed by atoms with Crippen LogP contribution in [0.5, 0.6) is 0 Å². The molecule has 0 aliphatic carbocycles. The minimum absolute atomic E-state index is 0.137. The van der Waals surface area contributed by atoms with Gasteiger partial charge >= 0.3 is 0 Å². The molecule has 2 aromatic carbocycles. The minimum atomic E-state index is -0.177. The zero-order valence-corrected chi connectivity index (χ0v) is 20.7. The number of nitrogens with one attached hydrogen (secondary N) is 2. The zero-order valence-electron chi connectivity index (χ0n) is 19.0. The van der Waals surface area contributed by atoms with Gasteiger partial charge in [-0.05, 0) is 56.7 Å². The van der Waals surface area contributed by atoms with E-state index in [2.05, 4.69) is 25.9 Å². The summed E-state index contributed by atoms with van der Waals surface area (Å²) >= 11 is 3.12. The fourth-order valence-electron chi connectivity index (χ4n) is 3.30. The first-order chi connectivity index (χ1) is 16.4. The summed E-state index contributed by atoms with van der Waals surface area (Å²) in [6, 6.07) is 12.9. The summed E-state index contributed by atoms with van der Waals surface area (Å²) in [6.45, 7) is 6.36. The molecule has 4 aromatic rings. The van der Waals surface area contributed by atoms with Crippen molar-refractivity contribution in [3.8, 4) is 5.69 Å². The Kier molecular flexibility index (Phi) is 7.39. The van der Waals surface area contributed by atoms with E-state index in [1.807, 2.05) is 51.1 Å². The van der Waals surface area contributed by atoms with Crippen LogP contribution in [0.25, 0.3) is 5.69 Å². The molecule has 0 unspecified atom stereocenters. The summed E-state index contributed by atoms with van der Waals surface area (Å²) in [7, 11) is 0. The van der Waals surface area contributed by atoms with E-state index in [9.17, 15) is 9.59 Å². The fourth-order valence-corrected chi connectivity index (χ4v) is 5.04. The lowest BCUT2D eigenvalue weighted by atomic mass is 10.1. The largest absolute Gasteiger partial charge is 0.351 e. The van der Waals surface area contributed by atoms with Crippen LogP contribution in [0.15, 0.2) is 59.2 Å². The molecule has 0 aliphatic heterocycles. The highest BCUT2D eigenvalue weighted by Crippen LogP contribution is 2.21. The van der Waals surface area contributed by atoms with Crippen LogP contribution in [0.1, 0.15) is 36.9 Å². The molecule has 0 fully saturated rings. The van der Waals surface area contributed by atoms with Crippen LogP contribution in [-0.2, 0) is 0 Å². The maximum atomic E-state index is 12.6. The van der Waals surface area contributed by atoms with Crippen molar-refractivity contribution in [1.82, 2.24) is 25.3 Å². The van der Waals surface area contributed by atoms with Crippen molar-refractivity contribution < 1.29 is 9.59 Å². The number of carbonyl (C=O) groups is 2. The second-order valence-corrected chi connectivity index (χ2v) is 10.2. The number of carbonyl (C=O) groups excluding carboxylic acids is 2. The van der Waals surface area contributed by atoms with Gasteiger partial charge < -0.3 is 10.6 Å². The van der Waals surface area contributed by atoms with Gasteiger partial charge in [0.2, 0.25) is 0 Å². The first-order valence-corrected chi connectivity index (χ1v) is 12.4. The minimum Gasteiger partial charge on any atom is -0.351 e. The number of hydrogen-bond donors (Lipinski definition) is 2.